The summed E-state index contributed by atoms with van der Waals surface area (Å²) in [7, 11) is 0. The Morgan fingerprint density at radius 3 is 2.45 bits per heavy atom. The molecule has 1 fully saturated rings. The standard InChI is InChI=1S/C24H25N3O2/c1-17(28)27(21-8-3-2-4-9-21)22-13-11-18(12-14-22)24(29)26-20-15-19-7-5-6-10-23(19)25-16-20/h5-7,10-16,21H,2-4,8-9H2,1H3,(H,26,29). The zero-order valence-corrected chi connectivity index (χ0v) is 16.6. The smallest absolute Gasteiger partial charge is 0.255 e. The lowest BCUT2D eigenvalue weighted by Crippen LogP contribution is -2.40. The van der Waals surface area contributed by atoms with Gasteiger partial charge in [0, 0.05) is 29.6 Å². The Hall–Kier alpha value is -3.21. The summed E-state index contributed by atoms with van der Waals surface area (Å²) in [4.78, 5) is 31.2. The van der Waals surface area contributed by atoms with Crippen LogP contribution in [0.1, 0.15) is 49.4 Å². The van der Waals surface area contributed by atoms with E-state index in [0.29, 0.717) is 11.3 Å². The molecule has 1 aromatic heterocycles. The van der Waals surface area contributed by atoms with Crippen molar-refractivity contribution in [2.75, 3.05) is 10.2 Å². The van der Waals surface area contributed by atoms with Gasteiger partial charge in [-0.15, -0.1) is 0 Å². The van der Waals surface area contributed by atoms with Crippen LogP contribution in [0.2, 0.25) is 0 Å². The molecule has 3 aromatic rings. The van der Waals surface area contributed by atoms with Crippen molar-refractivity contribution in [2.45, 2.75) is 45.1 Å². The highest BCUT2D eigenvalue weighted by atomic mass is 16.2. The van der Waals surface area contributed by atoms with E-state index >= 15 is 0 Å². The van der Waals surface area contributed by atoms with Gasteiger partial charge in [-0.1, -0.05) is 37.5 Å². The van der Waals surface area contributed by atoms with Gasteiger partial charge in [0.2, 0.25) is 5.91 Å². The van der Waals surface area contributed by atoms with Crippen molar-refractivity contribution in [2.24, 2.45) is 0 Å². The molecule has 2 aromatic carbocycles. The molecule has 0 bridgehead atoms. The van der Waals surface area contributed by atoms with Gasteiger partial charge >= 0.3 is 0 Å². The van der Waals surface area contributed by atoms with Gasteiger partial charge in [0.15, 0.2) is 0 Å². The van der Waals surface area contributed by atoms with Crippen LogP contribution in [-0.2, 0) is 4.79 Å². The van der Waals surface area contributed by atoms with Gasteiger partial charge in [-0.2, -0.15) is 0 Å². The molecular weight excluding hydrogens is 362 g/mol. The maximum Gasteiger partial charge on any atom is 0.255 e. The lowest BCUT2D eigenvalue weighted by atomic mass is 9.93. The highest BCUT2D eigenvalue weighted by Gasteiger charge is 2.24. The summed E-state index contributed by atoms with van der Waals surface area (Å²) < 4.78 is 0. The van der Waals surface area contributed by atoms with E-state index in [1.807, 2.05) is 47.4 Å². The van der Waals surface area contributed by atoms with E-state index in [2.05, 4.69) is 10.3 Å². The summed E-state index contributed by atoms with van der Waals surface area (Å²) >= 11 is 0. The Morgan fingerprint density at radius 2 is 1.72 bits per heavy atom. The third kappa shape index (κ3) is 4.29. The quantitative estimate of drug-likeness (QED) is 0.671. The molecule has 1 heterocycles. The number of para-hydroxylation sites is 1. The average molecular weight is 387 g/mol. The second-order valence-corrected chi connectivity index (χ2v) is 7.60. The van der Waals surface area contributed by atoms with Gasteiger partial charge in [-0.3, -0.25) is 14.6 Å². The monoisotopic (exact) mass is 387 g/mol. The third-order valence-corrected chi connectivity index (χ3v) is 5.54. The largest absolute Gasteiger partial charge is 0.321 e. The third-order valence-electron chi connectivity index (χ3n) is 5.54. The van der Waals surface area contributed by atoms with Crippen molar-refractivity contribution in [1.82, 2.24) is 4.98 Å². The molecule has 0 atom stereocenters. The van der Waals surface area contributed by atoms with E-state index in [1.165, 1.54) is 6.42 Å². The second kappa shape index (κ2) is 8.43. The van der Waals surface area contributed by atoms with E-state index in [0.717, 1.165) is 42.3 Å². The molecule has 148 valence electrons. The summed E-state index contributed by atoms with van der Waals surface area (Å²) in [5.74, 6) is -0.142. The van der Waals surface area contributed by atoms with Crippen molar-refractivity contribution in [1.29, 1.82) is 0 Å². The van der Waals surface area contributed by atoms with Crippen molar-refractivity contribution >= 4 is 34.1 Å². The topological polar surface area (TPSA) is 62.3 Å². The fourth-order valence-corrected chi connectivity index (χ4v) is 4.11. The first-order chi connectivity index (χ1) is 14.1. The van der Waals surface area contributed by atoms with Gasteiger partial charge in [0.1, 0.15) is 0 Å². The number of carbonyl (C=O) groups is 2. The number of anilines is 2. The number of rotatable bonds is 4. The first kappa shape index (κ1) is 19.1. The first-order valence-electron chi connectivity index (χ1n) is 10.2. The molecule has 5 nitrogen and oxygen atoms in total. The van der Waals surface area contributed by atoms with Gasteiger partial charge in [-0.25, -0.2) is 0 Å². The zero-order valence-electron chi connectivity index (χ0n) is 16.6. The minimum atomic E-state index is -0.194. The highest BCUT2D eigenvalue weighted by molar-refractivity contribution is 6.05. The molecule has 4 rings (SSSR count). The van der Waals surface area contributed by atoms with Crippen LogP contribution in [0.3, 0.4) is 0 Å². The molecule has 0 spiro atoms. The Bertz CT molecular complexity index is 1020. The Labute approximate surface area is 170 Å². The molecule has 0 saturated heterocycles. The minimum absolute atomic E-state index is 0.0522. The van der Waals surface area contributed by atoms with Gasteiger partial charge in [0.05, 0.1) is 17.4 Å². The summed E-state index contributed by atoms with van der Waals surface area (Å²) in [6.45, 7) is 1.61. The fourth-order valence-electron chi connectivity index (χ4n) is 4.11. The molecule has 1 N–H and O–H groups in total. The van der Waals surface area contributed by atoms with Crippen LogP contribution in [0.4, 0.5) is 11.4 Å². The van der Waals surface area contributed by atoms with E-state index in [1.54, 1.807) is 25.3 Å². The Morgan fingerprint density at radius 1 is 1.00 bits per heavy atom. The number of aromatic nitrogens is 1. The molecule has 1 aliphatic carbocycles. The summed E-state index contributed by atoms with van der Waals surface area (Å²) in [6.07, 6.45) is 7.30. The predicted molar refractivity (Wildman–Crippen MR) is 116 cm³/mol. The van der Waals surface area contributed by atoms with E-state index in [4.69, 9.17) is 0 Å². The van der Waals surface area contributed by atoms with Crippen molar-refractivity contribution in [3.63, 3.8) is 0 Å². The fraction of sp³-hybridized carbons (Fsp3) is 0.292. The molecule has 5 heteroatoms. The maximum atomic E-state index is 12.6. The predicted octanol–water partition coefficient (Wildman–Crippen LogP) is 5.17. The lowest BCUT2D eigenvalue weighted by Gasteiger charge is -2.33. The molecule has 29 heavy (non-hydrogen) atoms. The van der Waals surface area contributed by atoms with Crippen LogP contribution >= 0.6 is 0 Å². The van der Waals surface area contributed by atoms with Crippen LogP contribution in [0.15, 0.2) is 60.8 Å². The summed E-state index contributed by atoms with van der Waals surface area (Å²) in [5.41, 5.74) is 2.95. The van der Waals surface area contributed by atoms with Gasteiger partial charge in [0.25, 0.3) is 5.91 Å². The normalized spacial score (nSPS) is 14.5. The molecular formula is C24H25N3O2. The molecule has 0 unspecified atom stereocenters. The zero-order chi connectivity index (χ0) is 20.2. The first-order valence-corrected chi connectivity index (χ1v) is 10.2. The van der Waals surface area contributed by atoms with Crippen molar-refractivity contribution in [3.05, 3.63) is 66.4 Å². The average Bonchev–Trinajstić information content (AvgIpc) is 2.75. The number of pyridine rings is 1. The van der Waals surface area contributed by atoms with Crippen molar-refractivity contribution < 1.29 is 9.59 Å². The maximum absolute atomic E-state index is 12.6. The van der Waals surface area contributed by atoms with Crippen LogP contribution in [0.5, 0.6) is 0 Å². The number of hydrogen-bond acceptors (Lipinski definition) is 3. The SMILES string of the molecule is CC(=O)N(c1ccc(C(=O)Nc2cnc3ccccc3c2)cc1)C1CCCCC1. The van der Waals surface area contributed by atoms with Crippen LogP contribution in [0, 0.1) is 0 Å². The molecule has 2 amide bonds. The van der Waals surface area contributed by atoms with Crippen LogP contribution in [0.25, 0.3) is 10.9 Å². The summed E-state index contributed by atoms with van der Waals surface area (Å²) in [6, 6.07) is 17.2. The molecule has 1 saturated carbocycles. The Balaban J connectivity index is 1.49. The number of nitrogens with one attached hydrogen (secondary N) is 1. The molecule has 0 radical (unpaired) electrons. The number of nitrogens with zero attached hydrogens (tertiary/aromatic N) is 2. The molecule has 0 aliphatic heterocycles. The van der Waals surface area contributed by atoms with E-state index in [9.17, 15) is 9.59 Å². The minimum Gasteiger partial charge on any atom is -0.321 e. The number of benzene rings is 2. The Kier molecular flexibility index (Phi) is 5.56. The van der Waals surface area contributed by atoms with Crippen LogP contribution < -0.4 is 10.2 Å². The van der Waals surface area contributed by atoms with Gasteiger partial charge in [-0.05, 0) is 49.2 Å². The molecule has 1 aliphatic rings. The van der Waals surface area contributed by atoms with Crippen LogP contribution in [-0.4, -0.2) is 22.8 Å². The van der Waals surface area contributed by atoms with E-state index in [-0.39, 0.29) is 17.9 Å². The highest BCUT2D eigenvalue weighted by Crippen LogP contribution is 2.28. The van der Waals surface area contributed by atoms with Crippen molar-refractivity contribution in [3.8, 4) is 0 Å². The number of fused-ring (bicyclic) bond motifs is 1. The van der Waals surface area contributed by atoms with E-state index < -0.39 is 0 Å². The number of amides is 2. The number of carbonyl (C=O) groups excluding carboxylic acids is 2. The summed E-state index contributed by atoms with van der Waals surface area (Å²) in [5, 5.41) is 3.88. The lowest BCUT2D eigenvalue weighted by molar-refractivity contribution is -0.117. The van der Waals surface area contributed by atoms with Gasteiger partial charge < -0.3 is 10.2 Å². The second-order valence-electron chi connectivity index (χ2n) is 7.60. The number of hydrogen-bond donors (Lipinski definition) is 1.